The number of fused-ring (bicyclic) bond motifs is 8. The fourth-order valence-electron chi connectivity index (χ4n) is 9.46. The molecule has 72 heavy (non-hydrogen) atoms. The average molecular weight is 971 g/mol. The van der Waals surface area contributed by atoms with Gasteiger partial charge in [0.05, 0.1) is 48.2 Å². The molecular weight excluding hydrogens is 913 g/mol. The van der Waals surface area contributed by atoms with E-state index in [-0.39, 0.29) is 86.3 Å². The number of amides is 4. The van der Waals surface area contributed by atoms with Crippen LogP contribution >= 0.6 is 0 Å². The third kappa shape index (κ3) is 11.0. The topological polar surface area (TPSA) is 185 Å². The molecule has 4 aliphatic rings. The van der Waals surface area contributed by atoms with Crippen LogP contribution in [0.3, 0.4) is 0 Å². The van der Waals surface area contributed by atoms with Crippen LogP contribution in [-0.4, -0.2) is 73.4 Å². The first-order valence-electron chi connectivity index (χ1n) is 24.4. The first kappa shape index (κ1) is 49.1. The Morgan fingerprint density at radius 3 is 1.78 bits per heavy atom. The predicted octanol–water partition coefficient (Wildman–Crippen LogP) is 9.32. The molecular formula is C57H58N6O9. The zero-order valence-corrected chi connectivity index (χ0v) is 41.2. The van der Waals surface area contributed by atoms with Gasteiger partial charge in [0.25, 0.3) is 11.8 Å². The van der Waals surface area contributed by atoms with E-state index in [1.165, 1.54) is 7.11 Å². The van der Waals surface area contributed by atoms with Gasteiger partial charge in [-0.15, -0.1) is 0 Å². The lowest BCUT2D eigenvalue weighted by atomic mass is 9.89. The zero-order valence-electron chi connectivity index (χ0n) is 41.2. The van der Waals surface area contributed by atoms with E-state index in [9.17, 15) is 28.8 Å². The molecule has 0 fully saturated rings. The summed E-state index contributed by atoms with van der Waals surface area (Å²) in [6, 6.07) is 27.6. The molecule has 4 heterocycles. The van der Waals surface area contributed by atoms with Crippen molar-refractivity contribution in [2.75, 3.05) is 28.8 Å². The van der Waals surface area contributed by atoms with Gasteiger partial charge in [-0.25, -0.2) is 0 Å². The summed E-state index contributed by atoms with van der Waals surface area (Å²) in [6.07, 6.45) is 5.93. The van der Waals surface area contributed by atoms with Gasteiger partial charge in [-0.3, -0.25) is 48.6 Å². The van der Waals surface area contributed by atoms with Gasteiger partial charge < -0.3 is 24.8 Å². The Hall–Kier alpha value is -7.94. The Labute approximate surface area is 418 Å². The monoisotopic (exact) mass is 970 g/mol. The van der Waals surface area contributed by atoms with Gasteiger partial charge in [0, 0.05) is 86.6 Å². The summed E-state index contributed by atoms with van der Waals surface area (Å²) in [5, 5.41) is 5.49. The molecule has 0 bridgehead atoms. The van der Waals surface area contributed by atoms with Gasteiger partial charge in [0.15, 0.2) is 17.3 Å². The van der Waals surface area contributed by atoms with E-state index < -0.39 is 11.8 Å². The Bertz CT molecular complexity index is 3060. The maximum atomic E-state index is 14.0. The molecule has 0 aliphatic carbocycles. The highest BCUT2D eigenvalue weighted by molar-refractivity contribution is 6.16. The predicted molar refractivity (Wildman–Crippen MR) is 276 cm³/mol. The van der Waals surface area contributed by atoms with E-state index in [0.29, 0.717) is 75.8 Å². The summed E-state index contributed by atoms with van der Waals surface area (Å²) in [7, 11) is 1.50. The Kier molecular flexibility index (Phi) is 14.2. The van der Waals surface area contributed by atoms with Crippen molar-refractivity contribution < 1.29 is 43.0 Å². The highest BCUT2D eigenvalue weighted by atomic mass is 16.5. The van der Waals surface area contributed by atoms with Crippen molar-refractivity contribution in [1.29, 1.82) is 0 Å². The van der Waals surface area contributed by atoms with Crippen LogP contribution in [0.1, 0.15) is 108 Å². The maximum absolute atomic E-state index is 14.0. The van der Waals surface area contributed by atoms with Crippen molar-refractivity contribution in [3.63, 3.8) is 0 Å². The smallest absolute Gasteiger partial charge is 0.261 e. The molecule has 0 saturated carbocycles. The van der Waals surface area contributed by atoms with Crippen LogP contribution in [-0.2, 0) is 45.2 Å². The number of anilines is 3. The molecule has 15 nitrogen and oxygen atoms in total. The standard InChI is InChI=1S/C57H58N6O9/c1-34-20-44-46(58-29-40-24-37-10-6-8-12-48(37)62(40)55(44)68)27-50(34)71-32-35-21-36(23-39(22-35)61-54(67)17-15-43(65)31-60-53(66)16-14-42(64)18-19-57(2,3)4)33-72-52-28-47-45(26-51(52)70-5)56(69)63-41(30-59-47)25-38-11-7-9-13-49(38)63/h6-13,20-23,26-30,40-41H,14-19,24-25,31-33H2,1-5H3,(H,60,66)(H,61,67)/t40-,41-/m0/s1. The van der Waals surface area contributed by atoms with Crippen LogP contribution in [0.25, 0.3) is 0 Å². The summed E-state index contributed by atoms with van der Waals surface area (Å²) in [5.41, 5.74) is 8.25. The fourth-order valence-corrected chi connectivity index (χ4v) is 9.46. The lowest BCUT2D eigenvalue weighted by Gasteiger charge is -2.22. The number of ketones is 2. The Morgan fingerprint density at radius 1 is 0.639 bits per heavy atom. The minimum atomic E-state index is -0.422. The number of aryl methyl sites for hydroxylation is 1. The van der Waals surface area contributed by atoms with Crippen LogP contribution in [0.15, 0.2) is 101 Å². The number of nitrogens with one attached hydrogen (secondary N) is 2. The van der Waals surface area contributed by atoms with E-state index >= 15 is 0 Å². The largest absolute Gasteiger partial charge is 0.493 e. The molecule has 15 heteroatoms. The third-order valence-corrected chi connectivity index (χ3v) is 13.3. The number of nitrogens with zero attached hydrogens (tertiary/aromatic N) is 4. The Morgan fingerprint density at radius 2 is 1.18 bits per heavy atom. The number of Topliss-reactive ketones (excluding diaryl/α,β-unsaturated/α-hetero) is 2. The molecule has 4 aliphatic heterocycles. The quantitative estimate of drug-likeness (QED) is 0.0864. The van der Waals surface area contributed by atoms with Crippen LogP contribution in [0.4, 0.5) is 28.4 Å². The van der Waals surface area contributed by atoms with Gasteiger partial charge in [0.2, 0.25) is 11.8 Å². The number of aliphatic imine (C=N–C) groups is 2. The van der Waals surface area contributed by atoms with Crippen LogP contribution in [0.5, 0.6) is 17.2 Å². The summed E-state index contributed by atoms with van der Waals surface area (Å²) >= 11 is 0. The van der Waals surface area contributed by atoms with Crippen molar-refractivity contribution in [2.45, 2.75) is 104 Å². The first-order chi connectivity index (χ1) is 34.6. The van der Waals surface area contributed by atoms with Crippen molar-refractivity contribution in [3.8, 4) is 17.2 Å². The number of hydrogen-bond donors (Lipinski definition) is 2. The van der Waals surface area contributed by atoms with Gasteiger partial charge in [-0.1, -0.05) is 57.2 Å². The molecule has 5 aromatic rings. The first-order valence-corrected chi connectivity index (χ1v) is 24.4. The van der Waals surface area contributed by atoms with Crippen LogP contribution < -0.4 is 34.6 Å². The normalized spacial score (nSPS) is 16.1. The van der Waals surface area contributed by atoms with Gasteiger partial charge in [0.1, 0.15) is 24.7 Å². The van der Waals surface area contributed by atoms with E-state index in [2.05, 4.69) is 31.4 Å². The molecule has 0 radical (unpaired) electrons. The van der Waals surface area contributed by atoms with Crippen molar-refractivity contribution >= 4 is 76.1 Å². The molecule has 2 atom stereocenters. The number of benzene rings is 5. The molecule has 0 unspecified atom stereocenters. The van der Waals surface area contributed by atoms with Crippen molar-refractivity contribution in [3.05, 3.63) is 130 Å². The maximum Gasteiger partial charge on any atom is 0.261 e. The number of para-hydroxylation sites is 2. The van der Waals surface area contributed by atoms with Gasteiger partial charge in [-0.2, -0.15) is 0 Å². The Balaban J connectivity index is 0.894. The van der Waals surface area contributed by atoms with E-state index in [1.54, 1.807) is 52.4 Å². The summed E-state index contributed by atoms with van der Waals surface area (Å²) in [4.78, 5) is 91.9. The van der Waals surface area contributed by atoms with Crippen molar-refractivity contribution in [1.82, 2.24) is 5.32 Å². The second kappa shape index (κ2) is 20.8. The van der Waals surface area contributed by atoms with E-state index in [0.717, 1.165) is 34.5 Å². The zero-order chi connectivity index (χ0) is 50.7. The number of carbonyl (C=O) groups is 6. The molecule has 4 amide bonds. The molecule has 9 rings (SSSR count). The van der Waals surface area contributed by atoms with Gasteiger partial charge >= 0.3 is 0 Å². The second-order valence-electron chi connectivity index (χ2n) is 19.9. The van der Waals surface area contributed by atoms with E-state index in [4.69, 9.17) is 24.2 Å². The van der Waals surface area contributed by atoms with Crippen LogP contribution in [0, 0.1) is 12.3 Å². The summed E-state index contributed by atoms with van der Waals surface area (Å²) < 4.78 is 18.6. The minimum absolute atomic E-state index is 0.00141. The van der Waals surface area contributed by atoms with E-state index in [1.807, 2.05) is 67.7 Å². The lowest BCUT2D eigenvalue weighted by Crippen LogP contribution is -2.37. The molecule has 2 N–H and O–H groups in total. The minimum Gasteiger partial charge on any atom is -0.493 e. The number of hydrogen-bond acceptors (Lipinski definition) is 11. The second-order valence-corrected chi connectivity index (χ2v) is 19.9. The van der Waals surface area contributed by atoms with Crippen molar-refractivity contribution in [2.24, 2.45) is 15.4 Å². The number of rotatable bonds is 18. The molecule has 370 valence electrons. The fraction of sp³-hybridized carbons (Fsp3) is 0.333. The molecule has 5 aromatic carbocycles. The van der Waals surface area contributed by atoms with Gasteiger partial charge in [-0.05, 0) is 89.0 Å². The summed E-state index contributed by atoms with van der Waals surface area (Å²) in [5.74, 6) is -0.231. The highest BCUT2D eigenvalue weighted by Gasteiger charge is 2.38. The molecule has 0 aromatic heterocycles. The summed E-state index contributed by atoms with van der Waals surface area (Å²) in [6.45, 7) is 7.88. The number of carbonyl (C=O) groups excluding carboxylic acids is 6. The SMILES string of the molecule is COc1cc2c(cc1OCc1cc(COc3cc4c(cc3C)C(=O)N3c5ccccc5C[C@H]3C=N4)cc(NC(=O)CCC(=O)CNC(=O)CCC(=O)CCC(C)(C)C)c1)N=C[C@@H]1Cc3ccccc3N1C2=O. The lowest BCUT2D eigenvalue weighted by molar-refractivity contribution is -0.127. The number of methoxy groups -OCH3 is 1. The highest BCUT2D eigenvalue weighted by Crippen LogP contribution is 2.42. The number of ether oxygens (including phenoxy) is 3. The molecule has 0 spiro atoms. The third-order valence-electron chi connectivity index (χ3n) is 13.3. The average Bonchev–Trinajstić information content (AvgIpc) is 3.86. The molecule has 0 saturated heterocycles. The van der Waals surface area contributed by atoms with Crippen LogP contribution in [0.2, 0.25) is 0 Å².